The van der Waals surface area contributed by atoms with E-state index in [1.54, 1.807) is 6.92 Å². The topological polar surface area (TPSA) is 109 Å². The van der Waals surface area contributed by atoms with Gasteiger partial charge in [-0.05, 0) is 13.0 Å². The molecule has 1 atom stereocenters. The molecule has 0 bridgehead atoms. The molecule has 2 rings (SSSR count). The highest BCUT2D eigenvalue weighted by Gasteiger charge is 2.18. The third kappa shape index (κ3) is 2.71. The summed E-state index contributed by atoms with van der Waals surface area (Å²) in [5.74, 6) is -0.0957. The van der Waals surface area contributed by atoms with E-state index in [4.69, 9.17) is 23.2 Å². The number of carbonyl (C=O) groups is 1. The lowest BCUT2D eigenvalue weighted by Gasteiger charge is -2.10. The van der Waals surface area contributed by atoms with Crippen LogP contribution in [0.1, 0.15) is 29.1 Å². The van der Waals surface area contributed by atoms with Crippen LogP contribution in [0.25, 0.3) is 0 Å². The first-order valence-corrected chi connectivity index (χ1v) is 5.56. The summed E-state index contributed by atoms with van der Waals surface area (Å²) in [4.78, 5) is 11.9. The Morgan fingerprint density at radius 2 is 2.17 bits per heavy atom. The van der Waals surface area contributed by atoms with E-state index >= 15 is 0 Å². The van der Waals surface area contributed by atoms with Crippen molar-refractivity contribution in [2.75, 3.05) is 0 Å². The van der Waals surface area contributed by atoms with Crippen molar-refractivity contribution in [2.24, 2.45) is 0 Å². The normalized spacial score (nSPS) is 12.2. The maximum atomic E-state index is 11.9. The van der Waals surface area contributed by atoms with Crippen molar-refractivity contribution in [1.29, 1.82) is 0 Å². The molecule has 0 saturated heterocycles. The Balaban J connectivity index is 2.15. The van der Waals surface area contributed by atoms with E-state index in [-0.39, 0.29) is 15.9 Å². The van der Waals surface area contributed by atoms with Gasteiger partial charge in [-0.15, -0.1) is 20.4 Å². The predicted octanol–water partition coefficient (Wildman–Crippen LogP) is 0.787. The molecule has 2 aromatic rings. The number of tetrazole rings is 1. The van der Waals surface area contributed by atoms with Gasteiger partial charge >= 0.3 is 0 Å². The minimum absolute atomic E-state index is 0.0304. The highest BCUT2D eigenvalue weighted by atomic mass is 35.5. The van der Waals surface area contributed by atoms with E-state index in [0.717, 1.165) is 0 Å². The van der Waals surface area contributed by atoms with Crippen molar-refractivity contribution >= 4 is 29.1 Å². The number of nitrogens with one attached hydrogen (secondary N) is 2. The fraction of sp³-hybridized carbons (Fsp3) is 0.250. The van der Waals surface area contributed by atoms with Gasteiger partial charge in [0.05, 0.1) is 11.6 Å². The summed E-state index contributed by atoms with van der Waals surface area (Å²) < 4.78 is 0. The van der Waals surface area contributed by atoms with Gasteiger partial charge in [-0.1, -0.05) is 28.4 Å². The van der Waals surface area contributed by atoms with Gasteiger partial charge in [0, 0.05) is 0 Å². The number of aromatic amines is 1. The minimum Gasteiger partial charge on any atom is -0.342 e. The van der Waals surface area contributed by atoms with Crippen LogP contribution in [0.3, 0.4) is 0 Å². The summed E-state index contributed by atoms with van der Waals surface area (Å²) in [6.07, 6.45) is 0. The molecule has 0 spiro atoms. The van der Waals surface area contributed by atoms with E-state index in [9.17, 15) is 4.79 Å². The number of nitrogens with zero attached hydrogens (tertiary/aromatic N) is 5. The van der Waals surface area contributed by atoms with Gasteiger partial charge in [0.15, 0.2) is 16.1 Å². The summed E-state index contributed by atoms with van der Waals surface area (Å²) in [6, 6.07) is 0.897. The lowest BCUT2D eigenvalue weighted by atomic mass is 10.2. The van der Waals surface area contributed by atoms with Crippen LogP contribution in [-0.2, 0) is 0 Å². The van der Waals surface area contributed by atoms with Crippen LogP contribution < -0.4 is 5.32 Å². The molecule has 2 heterocycles. The first kappa shape index (κ1) is 12.7. The van der Waals surface area contributed by atoms with E-state index in [0.29, 0.717) is 5.82 Å². The second-order valence-corrected chi connectivity index (χ2v) is 4.08. The second-order valence-electron chi connectivity index (χ2n) is 3.34. The molecule has 8 nitrogen and oxygen atoms in total. The van der Waals surface area contributed by atoms with E-state index in [1.807, 2.05) is 0 Å². The zero-order valence-electron chi connectivity index (χ0n) is 9.05. The maximum Gasteiger partial charge on any atom is 0.255 e. The lowest BCUT2D eigenvalue weighted by molar-refractivity contribution is 0.0938. The molecular weight excluding hydrogens is 281 g/mol. The molecule has 0 aliphatic carbocycles. The van der Waals surface area contributed by atoms with Crippen molar-refractivity contribution in [3.63, 3.8) is 0 Å². The fourth-order valence-electron chi connectivity index (χ4n) is 1.20. The number of hydrogen-bond donors (Lipinski definition) is 2. The molecule has 0 fully saturated rings. The van der Waals surface area contributed by atoms with Crippen molar-refractivity contribution in [2.45, 2.75) is 13.0 Å². The summed E-state index contributed by atoms with van der Waals surface area (Å²) in [5.41, 5.74) is 0.131. The number of rotatable bonds is 3. The highest BCUT2D eigenvalue weighted by molar-refractivity contribution is 6.34. The third-order valence-electron chi connectivity index (χ3n) is 2.06. The Morgan fingerprint density at radius 3 is 2.83 bits per heavy atom. The predicted molar refractivity (Wildman–Crippen MR) is 62.1 cm³/mol. The van der Waals surface area contributed by atoms with Crippen LogP contribution in [0.5, 0.6) is 0 Å². The smallest absolute Gasteiger partial charge is 0.255 e. The summed E-state index contributed by atoms with van der Waals surface area (Å²) in [7, 11) is 0. The van der Waals surface area contributed by atoms with Crippen LogP contribution >= 0.6 is 23.2 Å². The van der Waals surface area contributed by atoms with E-state index in [2.05, 4.69) is 36.1 Å². The summed E-state index contributed by atoms with van der Waals surface area (Å²) >= 11 is 11.4. The average molecular weight is 288 g/mol. The number of carbonyl (C=O) groups excluding carboxylic acids is 1. The number of halogens is 2. The molecule has 0 radical (unpaired) electrons. The summed E-state index contributed by atoms with van der Waals surface area (Å²) in [6.45, 7) is 1.70. The molecule has 1 amide bonds. The molecule has 1 unspecified atom stereocenters. The number of hydrogen-bond acceptors (Lipinski definition) is 6. The standard InChI is InChI=1S/C8H7Cl2N7O/c1-3(7-14-16-17-15-7)11-8(18)4-2-5(9)12-13-6(4)10/h2-3H,1H3,(H,11,18)(H,14,15,16,17). The van der Waals surface area contributed by atoms with Crippen molar-refractivity contribution in [3.8, 4) is 0 Å². The first-order valence-electron chi connectivity index (χ1n) is 4.81. The van der Waals surface area contributed by atoms with Gasteiger partial charge < -0.3 is 5.32 Å². The van der Waals surface area contributed by atoms with Crippen molar-refractivity contribution in [1.82, 2.24) is 36.1 Å². The van der Waals surface area contributed by atoms with Gasteiger partial charge in [0.25, 0.3) is 5.91 Å². The molecule has 0 aromatic carbocycles. The third-order valence-corrected chi connectivity index (χ3v) is 2.52. The Morgan fingerprint density at radius 1 is 1.39 bits per heavy atom. The molecule has 94 valence electrons. The summed E-state index contributed by atoms with van der Waals surface area (Å²) in [5, 5.41) is 22.9. The van der Waals surface area contributed by atoms with Crippen molar-refractivity contribution in [3.05, 3.63) is 27.8 Å². The molecule has 10 heteroatoms. The lowest BCUT2D eigenvalue weighted by Crippen LogP contribution is -2.28. The molecule has 2 N–H and O–H groups in total. The first-order chi connectivity index (χ1) is 8.58. The fourth-order valence-corrected chi connectivity index (χ4v) is 1.53. The van der Waals surface area contributed by atoms with Crippen LogP contribution in [-0.4, -0.2) is 36.7 Å². The van der Waals surface area contributed by atoms with Gasteiger partial charge in [-0.25, -0.2) is 0 Å². The largest absolute Gasteiger partial charge is 0.342 e. The zero-order chi connectivity index (χ0) is 13.1. The number of amides is 1. The van der Waals surface area contributed by atoms with Crippen molar-refractivity contribution < 1.29 is 4.79 Å². The molecule has 0 aliphatic rings. The quantitative estimate of drug-likeness (QED) is 0.864. The van der Waals surface area contributed by atoms with Gasteiger partial charge in [-0.2, -0.15) is 5.21 Å². The Kier molecular flexibility index (Phi) is 3.68. The SMILES string of the molecule is CC(NC(=O)c1cc(Cl)nnc1Cl)c1nn[nH]n1. The Labute approximate surface area is 111 Å². The van der Waals surface area contributed by atoms with Crippen LogP contribution in [0.15, 0.2) is 6.07 Å². The molecule has 18 heavy (non-hydrogen) atoms. The monoisotopic (exact) mass is 287 g/mol. The maximum absolute atomic E-state index is 11.9. The zero-order valence-corrected chi connectivity index (χ0v) is 10.6. The molecule has 2 aromatic heterocycles. The minimum atomic E-state index is -0.450. The average Bonchev–Trinajstić information content (AvgIpc) is 2.85. The van der Waals surface area contributed by atoms with E-state index in [1.165, 1.54) is 6.07 Å². The Bertz CT molecular complexity index is 559. The molecule has 0 saturated carbocycles. The molecular formula is C8H7Cl2N7O. The van der Waals surface area contributed by atoms with Gasteiger partial charge in [0.1, 0.15) is 0 Å². The number of aromatic nitrogens is 6. The van der Waals surface area contributed by atoms with Gasteiger partial charge in [0.2, 0.25) is 0 Å². The molecule has 0 aliphatic heterocycles. The Hall–Kier alpha value is -1.80. The van der Waals surface area contributed by atoms with Crippen LogP contribution in [0.4, 0.5) is 0 Å². The van der Waals surface area contributed by atoms with Crippen LogP contribution in [0.2, 0.25) is 10.3 Å². The van der Waals surface area contributed by atoms with E-state index < -0.39 is 11.9 Å². The van der Waals surface area contributed by atoms with Crippen LogP contribution in [0, 0.1) is 0 Å². The number of H-pyrrole nitrogens is 1. The second kappa shape index (κ2) is 5.23. The highest BCUT2D eigenvalue weighted by Crippen LogP contribution is 2.16. The van der Waals surface area contributed by atoms with Gasteiger partial charge in [-0.3, -0.25) is 4.79 Å².